The summed E-state index contributed by atoms with van der Waals surface area (Å²) in [5.74, 6) is -0.835. The summed E-state index contributed by atoms with van der Waals surface area (Å²) in [4.78, 5) is 53.7. The van der Waals surface area contributed by atoms with Crippen LogP contribution in [-0.4, -0.2) is 65.5 Å². The van der Waals surface area contributed by atoms with Crippen LogP contribution in [0.1, 0.15) is 49.9 Å². The predicted octanol–water partition coefficient (Wildman–Crippen LogP) is -0.0353. The number of carbonyl (C=O) groups excluding carboxylic acids is 2. The van der Waals surface area contributed by atoms with Gasteiger partial charge in [0.15, 0.2) is 5.78 Å². The first-order chi connectivity index (χ1) is 14.3. The second kappa shape index (κ2) is 11.1. The fraction of sp³-hybridized carbons (Fsp3) is 0.700. The third-order valence-corrected chi connectivity index (χ3v) is 5.60. The number of Topliss-reactive ketones (excluding diaryl/α,β-unsaturated/α-hetero) is 1. The summed E-state index contributed by atoms with van der Waals surface area (Å²) in [6, 6.07) is 0.0911. The first-order valence-corrected chi connectivity index (χ1v) is 10.5. The number of likely N-dealkylation sites (tertiary alicyclic amines) is 1. The van der Waals surface area contributed by atoms with Crippen LogP contribution in [0.4, 0.5) is 5.82 Å². The minimum Gasteiger partial charge on any atom is -0.384 e. The molecule has 1 amide bonds. The lowest BCUT2D eigenvalue weighted by atomic mass is 9.92. The number of nitrogens with two attached hydrogens (primary N) is 1. The van der Waals surface area contributed by atoms with Crippen LogP contribution in [0.5, 0.6) is 0 Å². The molecule has 30 heavy (non-hydrogen) atoms. The van der Waals surface area contributed by atoms with Gasteiger partial charge >= 0.3 is 5.69 Å². The van der Waals surface area contributed by atoms with Crippen molar-refractivity contribution in [3.8, 4) is 0 Å². The lowest BCUT2D eigenvalue weighted by Gasteiger charge is -2.36. The van der Waals surface area contributed by atoms with E-state index in [1.165, 1.54) is 7.11 Å². The zero-order chi connectivity index (χ0) is 22.3. The van der Waals surface area contributed by atoms with Gasteiger partial charge < -0.3 is 15.8 Å². The molecule has 2 atom stereocenters. The highest BCUT2D eigenvalue weighted by Crippen LogP contribution is 2.22. The SMILES string of the molecule is CCCCNC(=O)C1CCC(C)N(CC(=O)c2c(N)n(CCOC)c(=O)[nH]c2=O)C1. The van der Waals surface area contributed by atoms with Crippen LogP contribution in [0.25, 0.3) is 0 Å². The summed E-state index contributed by atoms with van der Waals surface area (Å²) in [6.07, 6.45) is 3.47. The Morgan fingerprint density at radius 3 is 2.70 bits per heavy atom. The maximum atomic E-state index is 12.9. The third-order valence-electron chi connectivity index (χ3n) is 5.60. The summed E-state index contributed by atoms with van der Waals surface area (Å²) in [6.45, 7) is 5.43. The standard InChI is InChI=1S/C20H33N5O5/c1-4-5-8-22-18(27)14-7-6-13(2)24(11-14)12-15(26)16-17(21)25(9-10-30-3)20(29)23-19(16)28/h13-14H,4-12,21H2,1-3H3,(H,22,27)(H,23,28,29). The molecular weight excluding hydrogens is 390 g/mol. The van der Waals surface area contributed by atoms with E-state index in [2.05, 4.69) is 17.2 Å². The molecule has 168 valence electrons. The molecular formula is C20H33N5O5. The number of carbonyl (C=O) groups is 2. The number of anilines is 1. The number of nitrogens with zero attached hydrogens (tertiary/aromatic N) is 2. The summed E-state index contributed by atoms with van der Waals surface area (Å²) in [5, 5.41) is 2.95. The number of amides is 1. The second-order valence-corrected chi connectivity index (χ2v) is 7.78. The molecule has 0 saturated carbocycles. The lowest BCUT2D eigenvalue weighted by molar-refractivity contribution is -0.127. The number of ketones is 1. The van der Waals surface area contributed by atoms with Crippen molar-refractivity contribution in [3.05, 3.63) is 26.4 Å². The molecule has 0 aromatic carbocycles. The number of nitrogen functional groups attached to an aromatic ring is 1. The van der Waals surface area contributed by atoms with Gasteiger partial charge in [-0.3, -0.25) is 28.8 Å². The molecule has 2 unspecified atom stereocenters. The molecule has 4 N–H and O–H groups in total. The third kappa shape index (κ3) is 5.79. The Kier molecular flexibility index (Phi) is 8.79. The highest BCUT2D eigenvalue weighted by molar-refractivity contribution is 6.01. The summed E-state index contributed by atoms with van der Waals surface area (Å²) < 4.78 is 6.08. The molecule has 1 aromatic heterocycles. The number of aromatic nitrogens is 2. The van der Waals surface area contributed by atoms with Gasteiger partial charge in [0.1, 0.15) is 11.4 Å². The molecule has 0 radical (unpaired) electrons. The normalized spacial score (nSPS) is 19.6. The van der Waals surface area contributed by atoms with Crippen molar-refractivity contribution in [1.82, 2.24) is 19.8 Å². The molecule has 1 aliphatic rings. The summed E-state index contributed by atoms with van der Waals surface area (Å²) >= 11 is 0. The smallest absolute Gasteiger partial charge is 0.330 e. The average Bonchev–Trinajstić information content (AvgIpc) is 2.69. The molecule has 0 bridgehead atoms. The van der Waals surface area contributed by atoms with Crippen molar-refractivity contribution in [3.63, 3.8) is 0 Å². The first-order valence-electron chi connectivity index (χ1n) is 10.5. The maximum Gasteiger partial charge on any atom is 0.330 e. The molecule has 1 saturated heterocycles. The van der Waals surface area contributed by atoms with Gasteiger partial charge in [-0.1, -0.05) is 13.3 Å². The van der Waals surface area contributed by atoms with E-state index in [0.29, 0.717) is 13.1 Å². The quantitative estimate of drug-likeness (QED) is 0.354. The lowest BCUT2D eigenvalue weighted by Crippen LogP contribution is -2.49. The van der Waals surface area contributed by atoms with Crippen molar-refractivity contribution in [1.29, 1.82) is 0 Å². The summed E-state index contributed by atoms with van der Waals surface area (Å²) in [5.41, 5.74) is 4.29. The molecule has 10 heteroatoms. The number of rotatable bonds is 10. The molecule has 1 aromatic rings. The second-order valence-electron chi connectivity index (χ2n) is 7.78. The first kappa shape index (κ1) is 23.8. The van der Waals surface area contributed by atoms with Gasteiger partial charge in [-0.05, 0) is 26.2 Å². The molecule has 2 rings (SSSR count). The molecule has 1 fully saturated rings. The van der Waals surface area contributed by atoms with Crippen molar-refractivity contribution in [2.45, 2.75) is 52.1 Å². The number of ether oxygens (including phenoxy) is 1. The van der Waals surface area contributed by atoms with Crippen LogP contribution in [-0.2, 0) is 16.1 Å². The number of methoxy groups -OCH3 is 1. The van der Waals surface area contributed by atoms with E-state index in [1.807, 2.05) is 11.8 Å². The molecule has 2 heterocycles. The van der Waals surface area contributed by atoms with Gasteiger partial charge in [-0.2, -0.15) is 0 Å². The minimum absolute atomic E-state index is 0.00160. The zero-order valence-electron chi connectivity index (χ0n) is 18.0. The number of nitrogens with one attached hydrogen (secondary N) is 2. The van der Waals surface area contributed by atoms with Crippen LogP contribution in [0.2, 0.25) is 0 Å². The van der Waals surface area contributed by atoms with Crippen LogP contribution in [0, 0.1) is 5.92 Å². The number of hydrogen-bond donors (Lipinski definition) is 3. The number of piperidine rings is 1. The molecule has 0 aliphatic carbocycles. The Morgan fingerprint density at radius 1 is 1.30 bits per heavy atom. The van der Waals surface area contributed by atoms with Gasteiger partial charge in [-0.25, -0.2) is 4.79 Å². The number of aromatic amines is 1. The minimum atomic E-state index is -0.797. The Labute approximate surface area is 175 Å². The topological polar surface area (TPSA) is 140 Å². The number of unbranched alkanes of at least 4 members (excludes halogenated alkanes) is 1. The van der Waals surface area contributed by atoms with E-state index in [9.17, 15) is 19.2 Å². The Morgan fingerprint density at radius 2 is 2.03 bits per heavy atom. The van der Waals surface area contributed by atoms with Crippen LogP contribution >= 0.6 is 0 Å². The molecule has 10 nitrogen and oxygen atoms in total. The van der Waals surface area contributed by atoms with Crippen molar-refractivity contribution in [2.75, 3.05) is 39.1 Å². The van der Waals surface area contributed by atoms with Gasteiger partial charge in [-0.15, -0.1) is 0 Å². The van der Waals surface area contributed by atoms with E-state index < -0.39 is 17.0 Å². The van der Waals surface area contributed by atoms with E-state index in [4.69, 9.17) is 10.5 Å². The molecule has 1 aliphatic heterocycles. The summed E-state index contributed by atoms with van der Waals surface area (Å²) in [7, 11) is 1.48. The largest absolute Gasteiger partial charge is 0.384 e. The van der Waals surface area contributed by atoms with Crippen LogP contribution in [0.15, 0.2) is 9.59 Å². The van der Waals surface area contributed by atoms with Crippen molar-refractivity contribution in [2.24, 2.45) is 5.92 Å². The average molecular weight is 424 g/mol. The van der Waals surface area contributed by atoms with E-state index in [0.717, 1.165) is 30.3 Å². The maximum absolute atomic E-state index is 12.9. The van der Waals surface area contributed by atoms with Crippen LogP contribution < -0.4 is 22.3 Å². The van der Waals surface area contributed by atoms with Gasteiger partial charge in [0.25, 0.3) is 5.56 Å². The van der Waals surface area contributed by atoms with E-state index in [-0.39, 0.29) is 48.9 Å². The van der Waals surface area contributed by atoms with E-state index in [1.54, 1.807) is 0 Å². The van der Waals surface area contributed by atoms with Gasteiger partial charge in [0.05, 0.1) is 25.6 Å². The van der Waals surface area contributed by atoms with Gasteiger partial charge in [0.2, 0.25) is 5.91 Å². The predicted molar refractivity (Wildman–Crippen MR) is 114 cm³/mol. The molecule has 0 spiro atoms. The van der Waals surface area contributed by atoms with Crippen molar-refractivity contribution >= 4 is 17.5 Å². The van der Waals surface area contributed by atoms with Gasteiger partial charge in [0, 0.05) is 26.2 Å². The number of H-pyrrole nitrogens is 1. The Bertz CT molecular complexity index is 862. The number of hydrogen-bond acceptors (Lipinski definition) is 7. The Hall–Kier alpha value is -2.46. The van der Waals surface area contributed by atoms with Crippen LogP contribution in [0.3, 0.4) is 0 Å². The highest BCUT2D eigenvalue weighted by Gasteiger charge is 2.32. The highest BCUT2D eigenvalue weighted by atomic mass is 16.5. The Balaban J connectivity index is 2.15. The monoisotopic (exact) mass is 423 g/mol. The fourth-order valence-electron chi connectivity index (χ4n) is 3.67. The van der Waals surface area contributed by atoms with Crippen molar-refractivity contribution < 1.29 is 14.3 Å². The zero-order valence-corrected chi connectivity index (χ0v) is 18.0. The van der Waals surface area contributed by atoms with E-state index >= 15 is 0 Å². The fourth-order valence-corrected chi connectivity index (χ4v) is 3.67.